The lowest BCUT2D eigenvalue weighted by atomic mass is 10.0. The van der Waals surface area contributed by atoms with Crippen LogP contribution in [0.1, 0.15) is 44.2 Å². The molecule has 0 radical (unpaired) electrons. The van der Waals surface area contributed by atoms with Crippen molar-refractivity contribution in [3.8, 4) is 0 Å². The van der Waals surface area contributed by atoms with Gasteiger partial charge in [-0.25, -0.2) is 9.97 Å². The Balaban J connectivity index is 1.84. The third-order valence-corrected chi connectivity index (χ3v) is 3.73. The standard InChI is InChI=1S/C13H17ClF3N3/c14-12-19-10(13(15,16)17)8-11(20-12)18-7-3-6-9-4-1-2-5-9/h8-9H,1-7H2,(H,18,19,20). The van der Waals surface area contributed by atoms with E-state index in [9.17, 15) is 13.2 Å². The largest absolute Gasteiger partial charge is 0.433 e. The molecule has 1 fully saturated rings. The minimum atomic E-state index is -4.51. The van der Waals surface area contributed by atoms with E-state index in [1.165, 1.54) is 25.7 Å². The second-order valence-electron chi connectivity index (χ2n) is 5.12. The summed E-state index contributed by atoms with van der Waals surface area (Å²) < 4.78 is 37.7. The van der Waals surface area contributed by atoms with Gasteiger partial charge in [-0.2, -0.15) is 13.2 Å². The van der Waals surface area contributed by atoms with Crippen molar-refractivity contribution < 1.29 is 13.2 Å². The molecule has 0 spiro atoms. The highest BCUT2D eigenvalue weighted by Crippen LogP contribution is 2.30. The Bertz CT molecular complexity index is 445. The van der Waals surface area contributed by atoms with Gasteiger partial charge in [0.05, 0.1) is 0 Å². The van der Waals surface area contributed by atoms with Crippen molar-refractivity contribution >= 4 is 17.4 Å². The van der Waals surface area contributed by atoms with Gasteiger partial charge in [-0.3, -0.25) is 0 Å². The van der Waals surface area contributed by atoms with Crippen molar-refractivity contribution in [2.75, 3.05) is 11.9 Å². The number of halogens is 4. The second-order valence-corrected chi connectivity index (χ2v) is 5.46. The molecule has 0 atom stereocenters. The molecule has 0 unspecified atom stereocenters. The molecule has 1 aromatic heterocycles. The summed E-state index contributed by atoms with van der Waals surface area (Å²) in [6, 6.07) is 0.890. The maximum Gasteiger partial charge on any atom is 0.433 e. The number of aromatic nitrogens is 2. The van der Waals surface area contributed by atoms with Crippen molar-refractivity contribution in [3.05, 3.63) is 17.0 Å². The molecular formula is C13H17ClF3N3. The van der Waals surface area contributed by atoms with Crippen LogP contribution in [0.2, 0.25) is 5.28 Å². The van der Waals surface area contributed by atoms with Crippen molar-refractivity contribution in [1.82, 2.24) is 9.97 Å². The first-order chi connectivity index (χ1) is 9.45. The summed E-state index contributed by atoms with van der Waals surface area (Å²) in [7, 11) is 0. The summed E-state index contributed by atoms with van der Waals surface area (Å²) in [5, 5.41) is 2.50. The van der Waals surface area contributed by atoms with Crippen LogP contribution in [-0.2, 0) is 6.18 Å². The zero-order chi connectivity index (χ0) is 14.6. The topological polar surface area (TPSA) is 37.8 Å². The first-order valence-electron chi connectivity index (χ1n) is 6.81. The van der Waals surface area contributed by atoms with Crippen LogP contribution in [0.15, 0.2) is 6.07 Å². The molecule has 3 nitrogen and oxygen atoms in total. The van der Waals surface area contributed by atoms with E-state index in [0.717, 1.165) is 24.8 Å². The van der Waals surface area contributed by atoms with Gasteiger partial charge in [-0.05, 0) is 30.4 Å². The molecule has 1 N–H and O–H groups in total. The average Bonchev–Trinajstić information content (AvgIpc) is 2.86. The Kier molecular flexibility index (Phi) is 5.07. The Morgan fingerprint density at radius 1 is 1.25 bits per heavy atom. The third-order valence-electron chi connectivity index (χ3n) is 3.56. The highest BCUT2D eigenvalue weighted by atomic mass is 35.5. The van der Waals surface area contributed by atoms with E-state index < -0.39 is 17.2 Å². The van der Waals surface area contributed by atoms with Gasteiger partial charge in [0.1, 0.15) is 5.82 Å². The molecule has 7 heteroatoms. The van der Waals surface area contributed by atoms with Crippen molar-refractivity contribution in [3.63, 3.8) is 0 Å². The summed E-state index contributed by atoms with van der Waals surface area (Å²) >= 11 is 5.51. The Morgan fingerprint density at radius 3 is 2.60 bits per heavy atom. The Labute approximate surface area is 120 Å². The van der Waals surface area contributed by atoms with Crippen molar-refractivity contribution in [2.45, 2.75) is 44.7 Å². The van der Waals surface area contributed by atoms with Crippen LogP contribution in [0.5, 0.6) is 0 Å². The van der Waals surface area contributed by atoms with E-state index in [1.54, 1.807) is 0 Å². The maximum absolute atomic E-state index is 12.6. The van der Waals surface area contributed by atoms with Crippen LogP contribution in [0, 0.1) is 5.92 Å². The Morgan fingerprint density at radius 2 is 1.95 bits per heavy atom. The van der Waals surface area contributed by atoms with E-state index in [0.29, 0.717) is 6.54 Å². The molecule has 0 amide bonds. The van der Waals surface area contributed by atoms with Gasteiger partial charge < -0.3 is 5.32 Å². The number of rotatable bonds is 5. The van der Waals surface area contributed by atoms with Gasteiger partial charge in [0.15, 0.2) is 5.69 Å². The number of anilines is 1. The molecule has 1 aliphatic carbocycles. The normalized spacial score (nSPS) is 16.6. The minimum Gasteiger partial charge on any atom is -0.370 e. The van der Waals surface area contributed by atoms with Crippen molar-refractivity contribution in [2.24, 2.45) is 5.92 Å². The summed E-state index contributed by atoms with van der Waals surface area (Å²) in [6.45, 7) is 0.598. The predicted octanol–water partition coefficient (Wildman–Crippen LogP) is 4.53. The van der Waals surface area contributed by atoms with Crippen LogP contribution in [0.4, 0.5) is 19.0 Å². The minimum absolute atomic E-state index is 0.128. The third kappa shape index (κ3) is 4.51. The fraction of sp³-hybridized carbons (Fsp3) is 0.692. The second kappa shape index (κ2) is 6.61. The van der Waals surface area contributed by atoms with Crippen LogP contribution < -0.4 is 5.32 Å². The highest BCUT2D eigenvalue weighted by Gasteiger charge is 2.33. The maximum atomic E-state index is 12.6. The summed E-state index contributed by atoms with van der Waals surface area (Å²) in [5.41, 5.74) is -1.02. The molecular weight excluding hydrogens is 291 g/mol. The van der Waals surface area contributed by atoms with Gasteiger partial charge in [0.25, 0.3) is 0 Å². The van der Waals surface area contributed by atoms with Gasteiger partial charge in [-0.1, -0.05) is 25.7 Å². The molecule has 20 heavy (non-hydrogen) atoms. The number of hydrogen-bond acceptors (Lipinski definition) is 3. The van der Waals surface area contributed by atoms with Crippen molar-refractivity contribution in [1.29, 1.82) is 0 Å². The van der Waals surface area contributed by atoms with E-state index in [2.05, 4.69) is 15.3 Å². The fourth-order valence-electron chi connectivity index (χ4n) is 2.56. The van der Waals surface area contributed by atoms with Crippen LogP contribution >= 0.6 is 11.6 Å². The molecule has 2 rings (SSSR count). The molecule has 1 aromatic rings. The molecule has 1 saturated carbocycles. The van der Waals surface area contributed by atoms with Gasteiger partial charge in [-0.15, -0.1) is 0 Å². The zero-order valence-electron chi connectivity index (χ0n) is 11.0. The van der Waals surface area contributed by atoms with Gasteiger partial charge in [0, 0.05) is 12.6 Å². The Hall–Kier alpha value is -1.04. The van der Waals surface area contributed by atoms with E-state index in [1.807, 2.05) is 0 Å². The quantitative estimate of drug-likeness (QED) is 0.641. The van der Waals surface area contributed by atoms with Crippen LogP contribution in [0.25, 0.3) is 0 Å². The lowest BCUT2D eigenvalue weighted by Gasteiger charge is -2.11. The molecule has 0 aliphatic heterocycles. The molecule has 0 bridgehead atoms. The lowest BCUT2D eigenvalue weighted by molar-refractivity contribution is -0.141. The van der Waals surface area contributed by atoms with Gasteiger partial charge in [0.2, 0.25) is 5.28 Å². The first kappa shape index (κ1) is 15.4. The summed E-state index contributed by atoms with van der Waals surface area (Å²) in [4.78, 5) is 6.95. The number of nitrogens with one attached hydrogen (secondary N) is 1. The van der Waals surface area contributed by atoms with E-state index >= 15 is 0 Å². The number of alkyl halides is 3. The molecule has 1 aliphatic rings. The molecule has 0 saturated heterocycles. The smallest absolute Gasteiger partial charge is 0.370 e. The molecule has 0 aromatic carbocycles. The first-order valence-corrected chi connectivity index (χ1v) is 7.18. The average molecular weight is 308 g/mol. The van der Waals surface area contributed by atoms with Crippen LogP contribution in [0.3, 0.4) is 0 Å². The highest BCUT2D eigenvalue weighted by molar-refractivity contribution is 6.28. The lowest BCUT2D eigenvalue weighted by Crippen LogP contribution is -2.12. The summed E-state index contributed by atoms with van der Waals surface area (Å²) in [6.07, 6.45) is 2.68. The predicted molar refractivity (Wildman–Crippen MR) is 71.7 cm³/mol. The van der Waals surface area contributed by atoms with E-state index in [4.69, 9.17) is 11.6 Å². The van der Waals surface area contributed by atoms with E-state index in [-0.39, 0.29) is 5.82 Å². The number of hydrogen-bond donors (Lipinski definition) is 1. The van der Waals surface area contributed by atoms with Gasteiger partial charge >= 0.3 is 6.18 Å². The molecule has 112 valence electrons. The SMILES string of the molecule is FC(F)(F)c1cc(NCCCC2CCCC2)nc(Cl)n1. The molecule has 1 heterocycles. The summed E-state index contributed by atoms with van der Waals surface area (Å²) in [5.74, 6) is 0.903. The number of nitrogens with zero attached hydrogens (tertiary/aromatic N) is 2. The monoisotopic (exact) mass is 307 g/mol. The fourth-order valence-corrected chi connectivity index (χ4v) is 2.74. The zero-order valence-corrected chi connectivity index (χ0v) is 11.8. The van der Waals surface area contributed by atoms with Crippen LogP contribution in [-0.4, -0.2) is 16.5 Å².